The van der Waals surface area contributed by atoms with Crippen molar-refractivity contribution in [3.8, 4) is 11.1 Å². The Morgan fingerprint density at radius 1 is 1.20 bits per heavy atom. The van der Waals surface area contributed by atoms with Gasteiger partial charge in [0, 0.05) is 29.8 Å². The quantitative estimate of drug-likeness (QED) is 0.686. The van der Waals surface area contributed by atoms with Crippen LogP contribution in [0, 0.1) is 13.8 Å². The molecule has 0 spiro atoms. The van der Waals surface area contributed by atoms with Crippen LogP contribution in [0.1, 0.15) is 74.3 Å². The Balaban J connectivity index is 1.62. The summed E-state index contributed by atoms with van der Waals surface area (Å²) in [6.07, 6.45) is 7.25. The van der Waals surface area contributed by atoms with E-state index in [0.29, 0.717) is 6.42 Å². The number of rotatable bonds is 3. The van der Waals surface area contributed by atoms with Crippen molar-refractivity contribution in [1.29, 1.82) is 0 Å². The molecule has 2 fully saturated rings. The van der Waals surface area contributed by atoms with Crippen LogP contribution in [-0.4, -0.2) is 36.8 Å². The van der Waals surface area contributed by atoms with E-state index in [2.05, 4.69) is 15.0 Å². The van der Waals surface area contributed by atoms with Gasteiger partial charge in [-0.2, -0.15) is 0 Å². The van der Waals surface area contributed by atoms with Gasteiger partial charge in [0.05, 0.1) is 17.8 Å². The summed E-state index contributed by atoms with van der Waals surface area (Å²) in [6.45, 7) is 3.82. The van der Waals surface area contributed by atoms with Gasteiger partial charge in [-0.05, 0) is 58.4 Å². The number of hydrogen-bond donors (Lipinski definition) is 2. The fourth-order valence-electron chi connectivity index (χ4n) is 4.95. The number of amides is 1. The Kier molecular flexibility index (Phi) is 4.81. The van der Waals surface area contributed by atoms with E-state index >= 15 is 0 Å². The predicted octanol–water partition coefficient (Wildman–Crippen LogP) is 3.52. The monoisotopic (exact) mass is 409 g/mol. The topological polar surface area (TPSA) is 106 Å². The van der Waals surface area contributed by atoms with E-state index in [1.165, 1.54) is 0 Å². The van der Waals surface area contributed by atoms with Gasteiger partial charge in [0.25, 0.3) is 0 Å². The number of pyridine rings is 1. The van der Waals surface area contributed by atoms with Gasteiger partial charge < -0.3 is 19.5 Å². The second kappa shape index (κ2) is 7.50. The van der Waals surface area contributed by atoms with E-state index in [9.17, 15) is 9.90 Å². The van der Waals surface area contributed by atoms with Crippen molar-refractivity contribution in [2.75, 3.05) is 0 Å². The summed E-state index contributed by atoms with van der Waals surface area (Å²) in [5.41, 5.74) is 4.36. The number of nitrogens with zero attached hydrogens (tertiary/aromatic N) is 4. The van der Waals surface area contributed by atoms with Crippen LogP contribution in [0.2, 0.25) is 0 Å². The molecule has 2 aliphatic rings. The third-order valence-corrected chi connectivity index (χ3v) is 6.45. The van der Waals surface area contributed by atoms with Crippen molar-refractivity contribution < 1.29 is 14.4 Å². The fourth-order valence-corrected chi connectivity index (χ4v) is 4.95. The molecule has 0 radical (unpaired) electrons. The molecule has 5 rings (SSSR count). The molecule has 0 bridgehead atoms. The second-order valence-corrected chi connectivity index (χ2v) is 8.58. The average molecular weight is 409 g/mol. The number of carbonyl (C=O) groups is 1. The fraction of sp³-hybridized carbons (Fsp3) is 0.545. The van der Waals surface area contributed by atoms with Crippen LogP contribution in [0.3, 0.4) is 0 Å². The molecule has 1 atom stereocenters. The molecule has 0 aromatic carbocycles. The minimum absolute atomic E-state index is 0.0771. The molecule has 1 aliphatic heterocycles. The third-order valence-electron chi connectivity index (χ3n) is 6.45. The summed E-state index contributed by atoms with van der Waals surface area (Å²) < 4.78 is 7.55. The van der Waals surface area contributed by atoms with Crippen molar-refractivity contribution in [1.82, 2.24) is 25.0 Å². The van der Waals surface area contributed by atoms with Gasteiger partial charge in [-0.3, -0.25) is 4.79 Å². The minimum atomic E-state index is -0.229. The molecule has 2 N–H and O–H groups in total. The van der Waals surface area contributed by atoms with Crippen molar-refractivity contribution >= 4 is 17.1 Å². The van der Waals surface area contributed by atoms with E-state index in [-0.39, 0.29) is 24.1 Å². The number of nitrogens with one attached hydrogen (secondary N) is 1. The zero-order valence-corrected chi connectivity index (χ0v) is 17.4. The van der Waals surface area contributed by atoms with Crippen LogP contribution in [0.15, 0.2) is 16.8 Å². The largest absolute Gasteiger partial charge is 0.393 e. The van der Waals surface area contributed by atoms with Gasteiger partial charge in [0.15, 0.2) is 5.65 Å². The minimum Gasteiger partial charge on any atom is -0.393 e. The Morgan fingerprint density at radius 3 is 2.70 bits per heavy atom. The smallest absolute Gasteiger partial charge is 0.220 e. The Hall–Kier alpha value is -2.74. The van der Waals surface area contributed by atoms with Gasteiger partial charge in [-0.1, -0.05) is 5.16 Å². The number of imidazole rings is 1. The number of aryl methyl sites for hydroxylation is 2. The number of aliphatic hydroxyl groups is 1. The van der Waals surface area contributed by atoms with Gasteiger partial charge in [-0.25, -0.2) is 9.97 Å². The first-order chi connectivity index (χ1) is 14.5. The van der Waals surface area contributed by atoms with Crippen molar-refractivity contribution in [3.05, 3.63) is 29.5 Å². The molecule has 1 amide bonds. The normalized spacial score (nSPS) is 24.9. The van der Waals surface area contributed by atoms with Crippen LogP contribution >= 0.6 is 0 Å². The Morgan fingerprint density at radius 2 is 2.00 bits per heavy atom. The highest BCUT2D eigenvalue weighted by Crippen LogP contribution is 2.37. The zero-order chi connectivity index (χ0) is 20.8. The number of aromatic nitrogens is 4. The highest BCUT2D eigenvalue weighted by Gasteiger charge is 2.31. The molecule has 3 aromatic rings. The van der Waals surface area contributed by atoms with Crippen LogP contribution < -0.4 is 5.32 Å². The van der Waals surface area contributed by atoms with Gasteiger partial charge in [0.2, 0.25) is 5.91 Å². The molecule has 1 aliphatic carbocycles. The first-order valence-electron chi connectivity index (χ1n) is 10.8. The molecular weight excluding hydrogens is 382 g/mol. The van der Waals surface area contributed by atoms with E-state index < -0.39 is 0 Å². The van der Waals surface area contributed by atoms with Crippen molar-refractivity contribution in [2.45, 2.75) is 77.0 Å². The molecule has 8 heteroatoms. The standard InChI is InChI=1S/C22H27N5O3/c1-12-20(13(2)30-26-12)14-10-18-21(23-11-14)27(15-6-8-16(28)9-7-15)22(25-18)17-4-3-5-19(29)24-17/h10-11,15-17,28H,3-9H2,1-2H3,(H,24,29). The summed E-state index contributed by atoms with van der Waals surface area (Å²) in [5, 5.41) is 17.1. The van der Waals surface area contributed by atoms with Gasteiger partial charge in [-0.15, -0.1) is 0 Å². The highest BCUT2D eigenvalue weighted by molar-refractivity contribution is 5.81. The third kappa shape index (κ3) is 3.29. The maximum Gasteiger partial charge on any atom is 0.220 e. The Bertz CT molecular complexity index is 1070. The second-order valence-electron chi connectivity index (χ2n) is 8.58. The molecule has 30 heavy (non-hydrogen) atoms. The van der Waals surface area contributed by atoms with Crippen LogP contribution in [-0.2, 0) is 4.79 Å². The van der Waals surface area contributed by atoms with E-state index in [4.69, 9.17) is 14.5 Å². The van der Waals surface area contributed by atoms with Crippen LogP contribution in [0.5, 0.6) is 0 Å². The van der Waals surface area contributed by atoms with Gasteiger partial charge >= 0.3 is 0 Å². The maximum absolute atomic E-state index is 12.1. The lowest BCUT2D eigenvalue weighted by atomic mass is 9.92. The Labute approximate surface area is 174 Å². The number of hydrogen-bond acceptors (Lipinski definition) is 6. The van der Waals surface area contributed by atoms with Crippen LogP contribution in [0.25, 0.3) is 22.3 Å². The number of fused-ring (bicyclic) bond motifs is 1. The molecule has 3 aromatic heterocycles. The molecule has 4 heterocycles. The molecule has 1 saturated carbocycles. The van der Waals surface area contributed by atoms with E-state index in [1.54, 1.807) is 0 Å². The zero-order valence-electron chi connectivity index (χ0n) is 17.4. The number of carbonyl (C=O) groups excluding carboxylic acids is 1. The van der Waals surface area contributed by atoms with E-state index in [1.807, 2.05) is 26.1 Å². The summed E-state index contributed by atoms with van der Waals surface area (Å²) in [5.74, 6) is 1.71. The van der Waals surface area contributed by atoms with Crippen molar-refractivity contribution in [3.63, 3.8) is 0 Å². The number of aliphatic hydroxyl groups excluding tert-OH is 1. The summed E-state index contributed by atoms with van der Waals surface area (Å²) in [7, 11) is 0. The molecule has 8 nitrogen and oxygen atoms in total. The summed E-state index contributed by atoms with van der Waals surface area (Å²) in [6, 6.07) is 2.16. The first-order valence-corrected chi connectivity index (χ1v) is 10.8. The molecular formula is C22H27N5O3. The lowest BCUT2D eigenvalue weighted by Gasteiger charge is -2.30. The maximum atomic E-state index is 12.1. The van der Waals surface area contributed by atoms with Gasteiger partial charge in [0.1, 0.15) is 17.1 Å². The van der Waals surface area contributed by atoms with Crippen molar-refractivity contribution in [2.24, 2.45) is 0 Å². The lowest BCUT2D eigenvalue weighted by molar-refractivity contribution is -0.123. The molecule has 1 unspecified atom stereocenters. The average Bonchev–Trinajstić information content (AvgIpc) is 3.28. The first kappa shape index (κ1) is 19.2. The highest BCUT2D eigenvalue weighted by atomic mass is 16.5. The number of piperidine rings is 1. The SMILES string of the molecule is Cc1noc(C)c1-c1cnc2c(c1)nc(C1CCCC(=O)N1)n2C1CCC(O)CC1. The van der Waals surface area contributed by atoms with E-state index in [0.717, 1.165) is 78.1 Å². The molecule has 158 valence electrons. The van der Waals surface area contributed by atoms with Crippen LogP contribution in [0.4, 0.5) is 0 Å². The predicted molar refractivity (Wildman–Crippen MR) is 111 cm³/mol. The summed E-state index contributed by atoms with van der Waals surface area (Å²) >= 11 is 0. The molecule has 1 saturated heterocycles. The lowest BCUT2D eigenvalue weighted by Crippen LogP contribution is -2.35. The summed E-state index contributed by atoms with van der Waals surface area (Å²) in [4.78, 5) is 21.8.